The van der Waals surface area contributed by atoms with Gasteiger partial charge in [0.15, 0.2) is 18.3 Å². The molecule has 1 heterocycles. The first-order valence-electron chi connectivity index (χ1n) is 11.0. The van der Waals surface area contributed by atoms with E-state index in [2.05, 4.69) is 39.9 Å². The monoisotopic (exact) mass is 555 g/mol. The Hall–Kier alpha value is -2.30. The van der Waals surface area contributed by atoms with Gasteiger partial charge in [-0.25, -0.2) is 4.99 Å². The number of benzene rings is 1. The van der Waals surface area contributed by atoms with Gasteiger partial charge in [0.2, 0.25) is 0 Å². The molecule has 1 aliphatic rings. The molecule has 3 rings (SSSR count). The SMILES string of the molecule is CCNC(=NCc1cc(C(C)C)no1)NCCc1ccc(OCC(=O)NC2CC2)cc1.I. The molecule has 1 amide bonds. The van der Waals surface area contributed by atoms with Crippen LogP contribution in [0.3, 0.4) is 0 Å². The third-order valence-electron chi connectivity index (χ3n) is 4.85. The minimum absolute atomic E-state index is 0. The van der Waals surface area contributed by atoms with Crippen molar-refractivity contribution in [1.82, 2.24) is 21.1 Å². The van der Waals surface area contributed by atoms with E-state index in [4.69, 9.17) is 9.26 Å². The van der Waals surface area contributed by atoms with E-state index in [1.54, 1.807) is 0 Å². The Morgan fingerprint density at radius 3 is 2.62 bits per heavy atom. The number of ether oxygens (including phenoxy) is 1. The summed E-state index contributed by atoms with van der Waals surface area (Å²) in [5, 5.41) is 13.6. The predicted molar refractivity (Wildman–Crippen MR) is 136 cm³/mol. The fraction of sp³-hybridized carbons (Fsp3) is 0.522. The van der Waals surface area contributed by atoms with E-state index in [0.717, 1.165) is 49.8 Å². The molecule has 1 aromatic heterocycles. The van der Waals surface area contributed by atoms with Gasteiger partial charge >= 0.3 is 0 Å². The van der Waals surface area contributed by atoms with Crippen LogP contribution in [0.25, 0.3) is 0 Å². The number of nitrogens with one attached hydrogen (secondary N) is 3. The molecule has 0 spiro atoms. The Bertz CT molecular complexity index is 863. The molecule has 1 saturated carbocycles. The standard InChI is InChI=1S/C23H33N5O3.HI/c1-4-24-23(26-14-20-13-21(16(2)3)28-31-20)25-12-11-17-5-9-19(10-6-17)30-15-22(29)27-18-7-8-18;/h5-6,9-10,13,16,18H,4,7-8,11-12,14-15H2,1-3H3,(H,27,29)(H2,24,25,26);1H. The van der Waals surface area contributed by atoms with Gasteiger partial charge in [0.1, 0.15) is 12.3 Å². The number of nitrogens with zero attached hydrogens (tertiary/aromatic N) is 2. The van der Waals surface area contributed by atoms with Crippen molar-refractivity contribution in [3.63, 3.8) is 0 Å². The van der Waals surface area contributed by atoms with Crippen LogP contribution in [0.1, 0.15) is 56.5 Å². The number of rotatable bonds is 11. The highest BCUT2D eigenvalue weighted by Gasteiger charge is 2.23. The molecular formula is C23H34IN5O3. The lowest BCUT2D eigenvalue weighted by atomic mass is 10.1. The van der Waals surface area contributed by atoms with Gasteiger partial charge in [-0.1, -0.05) is 31.1 Å². The highest BCUT2D eigenvalue weighted by atomic mass is 127. The normalized spacial score (nSPS) is 13.4. The molecule has 0 atom stereocenters. The van der Waals surface area contributed by atoms with E-state index in [1.807, 2.05) is 37.3 Å². The lowest BCUT2D eigenvalue weighted by molar-refractivity contribution is -0.123. The Kier molecular flexibility index (Phi) is 10.8. The molecule has 3 N–H and O–H groups in total. The van der Waals surface area contributed by atoms with Gasteiger partial charge in [-0.05, 0) is 49.8 Å². The lowest BCUT2D eigenvalue weighted by Crippen LogP contribution is -2.38. The van der Waals surface area contributed by atoms with Crippen molar-refractivity contribution in [2.24, 2.45) is 4.99 Å². The molecule has 0 aliphatic heterocycles. The van der Waals surface area contributed by atoms with Gasteiger partial charge in [-0.15, -0.1) is 24.0 Å². The van der Waals surface area contributed by atoms with Crippen LogP contribution in [-0.2, 0) is 17.8 Å². The lowest BCUT2D eigenvalue weighted by Gasteiger charge is -2.11. The van der Waals surface area contributed by atoms with Crippen LogP contribution < -0.4 is 20.7 Å². The quantitative estimate of drug-likeness (QED) is 0.224. The number of carbonyl (C=O) groups excluding carboxylic acids is 1. The van der Waals surface area contributed by atoms with Gasteiger partial charge in [-0.3, -0.25) is 4.79 Å². The molecule has 1 aromatic carbocycles. The van der Waals surface area contributed by atoms with E-state index >= 15 is 0 Å². The van der Waals surface area contributed by atoms with Crippen LogP contribution >= 0.6 is 24.0 Å². The second-order valence-electron chi connectivity index (χ2n) is 8.02. The first kappa shape index (κ1) is 26.0. The van der Waals surface area contributed by atoms with E-state index in [-0.39, 0.29) is 36.5 Å². The number of hydrogen-bond acceptors (Lipinski definition) is 5. The maximum Gasteiger partial charge on any atom is 0.258 e. The topological polar surface area (TPSA) is 101 Å². The number of halogens is 1. The van der Waals surface area contributed by atoms with Crippen molar-refractivity contribution in [1.29, 1.82) is 0 Å². The summed E-state index contributed by atoms with van der Waals surface area (Å²) >= 11 is 0. The zero-order valence-electron chi connectivity index (χ0n) is 19.0. The van der Waals surface area contributed by atoms with Crippen LogP contribution in [0.5, 0.6) is 5.75 Å². The Morgan fingerprint density at radius 2 is 2.00 bits per heavy atom. The zero-order valence-corrected chi connectivity index (χ0v) is 21.3. The maximum absolute atomic E-state index is 11.7. The van der Waals surface area contributed by atoms with Gasteiger partial charge in [-0.2, -0.15) is 0 Å². The molecular weight excluding hydrogens is 521 g/mol. The molecule has 176 valence electrons. The van der Waals surface area contributed by atoms with Crippen molar-refractivity contribution in [3.8, 4) is 5.75 Å². The van der Waals surface area contributed by atoms with Crippen LogP contribution in [0.4, 0.5) is 0 Å². The average molecular weight is 555 g/mol. The summed E-state index contributed by atoms with van der Waals surface area (Å²) in [6, 6.07) is 10.1. The third kappa shape index (κ3) is 9.05. The summed E-state index contributed by atoms with van der Waals surface area (Å²) in [6.45, 7) is 8.22. The number of guanidine groups is 1. The molecule has 1 fully saturated rings. The maximum atomic E-state index is 11.7. The summed E-state index contributed by atoms with van der Waals surface area (Å²) in [7, 11) is 0. The minimum atomic E-state index is -0.0585. The van der Waals surface area contributed by atoms with Gasteiger partial charge < -0.3 is 25.2 Å². The van der Waals surface area contributed by atoms with Crippen molar-refractivity contribution < 1.29 is 14.1 Å². The summed E-state index contributed by atoms with van der Waals surface area (Å²) < 4.78 is 10.9. The minimum Gasteiger partial charge on any atom is -0.484 e. The van der Waals surface area contributed by atoms with E-state index in [1.165, 1.54) is 5.56 Å². The van der Waals surface area contributed by atoms with Crippen molar-refractivity contribution in [2.45, 2.75) is 58.5 Å². The number of aromatic nitrogens is 1. The molecule has 8 nitrogen and oxygen atoms in total. The Morgan fingerprint density at radius 1 is 1.25 bits per heavy atom. The second kappa shape index (κ2) is 13.3. The zero-order chi connectivity index (χ0) is 22.1. The molecule has 2 aromatic rings. The van der Waals surface area contributed by atoms with Gasteiger partial charge in [0, 0.05) is 25.2 Å². The van der Waals surface area contributed by atoms with Crippen molar-refractivity contribution >= 4 is 35.8 Å². The largest absolute Gasteiger partial charge is 0.484 e. The molecule has 32 heavy (non-hydrogen) atoms. The van der Waals surface area contributed by atoms with Crippen LogP contribution in [-0.4, -0.2) is 42.8 Å². The summed E-state index contributed by atoms with van der Waals surface area (Å²) in [5.74, 6) is 2.47. The molecule has 0 unspecified atom stereocenters. The van der Waals surface area contributed by atoms with Crippen LogP contribution in [0.15, 0.2) is 39.8 Å². The predicted octanol–water partition coefficient (Wildman–Crippen LogP) is 3.37. The summed E-state index contributed by atoms with van der Waals surface area (Å²) in [6.07, 6.45) is 2.99. The molecule has 1 aliphatic carbocycles. The highest BCUT2D eigenvalue weighted by Crippen LogP contribution is 2.18. The smallest absolute Gasteiger partial charge is 0.258 e. The summed E-state index contributed by atoms with van der Waals surface area (Å²) in [5.41, 5.74) is 2.12. The van der Waals surface area contributed by atoms with Gasteiger partial charge in [0.25, 0.3) is 5.91 Å². The number of carbonyl (C=O) groups is 1. The number of hydrogen-bond donors (Lipinski definition) is 3. The van der Waals surface area contributed by atoms with E-state index in [0.29, 0.717) is 24.3 Å². The highest BCUT2D eigenvalue weighted by molar-refractivity contribution is 14.0. The van der Waals surface area contributed by atoms with Crippen molar-refractivity contribution in [3.05, 3.63) is 47.3 Å². The fourth-order valence-corrected chi connectivity index (χ4v) is 2.90. The number of aliphatic imine (C=N–C) groups is 1. The fourth-order valence-electron chi connectivity index (χ4n) is 2.90. The van der Waals surface area contributed by atoms with E-state index in [9.17, 15) is 4.79 Å². The first-order valence-corrected chi connectivity index (χ1v) is 11.0. The number of amides is 1. The van der Waals surface area contributed by atoms with Crippen LogP contribution in [0.2, 0.25) is 0 Å². The average Bonchev–Trinajstić information content (AvgIpc) is 3.43. The Balaban J connectivity index is 0.00000363. The Labute approximate surface area is 207 Å². The first-order chi connectivity index (χ1) is 15.0. The van der Waals surface area contributed by atoms with Crippen LogP contribution in [0, 0.1) is 0 Å². The molecule has 0 saturated heterocycles. The van der Waals surface area contributed by atoms with Gasteiger partial charge in [0.05, 0.1) is 5.69 Å². The summed E-state index contributed by atoms with van der Waals surface area (Å²) in [4.78, 5) is 16.3. The molecule has 9 heteroatoms. The third-order valence-corrected chi connectivity index (χ3v) is 4.85. The van der Waals surface area contributed by atoms with Crippen molar-refractivity contribution in [2.75, 3.05) is 19.7 Å². The second-order valence-corrected chi connectivity index (χ2v) is 8.02. The van der Waals surface area contributed by atoms with E-state index < -0.39 is 0 Å². The molecule has 0 bridgehead atoms. The molecule has 0 radical (unpaired) electrons.